The fourth-order valence-corrected chi connectivity index (χ4v) is 2.92. The highest BCUT2D eigenvalue weighted by Gasteiger charge is 2.19. The summed E-state index contributed by atoms with van der Waals surface area (Å²) in [5, 5.41) is 2.19. The second-order valence-electron chi connectivity index (χ2n) is 6.00. The molecule has 0 saturated heterocycles. The van der Waals surface area contributed by atoms with Gasteiger partial charge in [-0.3, -0.25) is 0 Å². The van der Waals surface area contributed by atoms with Gasteiger partial charge in [-0.25, -0.2) is 9.78 Å². The highest BCUT2D eigenvalue weighted by molar-refractivity contribution is 5.89. The molecule has 0 atom stereocenters. The normalized spacial score (nSPS) is 10.8. The number of nitrogens with zero attached hydrogens (tertiary/aromatic N) is 1. The van der Waals surface area contributed by atoms with E-state index < -0.39 is 5.97 Å². The molecule has 0 fully saturated rings. The van der Waals surface area contributed by atoms with Crippen LogP contribution >= 0.6 is 0 Å². The summed E-state index contributed by atoms with van der Waals surface area (Å²) in [6.45, 7) is 1.90. The van der Waals surface area contributed by atoms with Crippen LogP contribution in [0.25, 0.3) is 22.2 Å². The largest absolute Gasteiger partial charge is 0.456 e. The first-order valence-electron chi connectivity index (χ1n) is 8.39. The molecule has 4 rings (SSSR count). The van der Waals surface area contributed by atoms with Gasteiger partial charge in [0.05, 0.1) is 0 Å². The van der Waals surface area contributed by atoms with E-state index in [-0.39, 0.29) is 12.3 Å². The minimum absolute atomic E-state index is 0.188. The standard InChI is InChI=1S/C22H17NO3/c1-15-20(23-21(26-15)17-9-3-2-4-10-17)22(24)25-14-18-12-7-11-16-8-5-6-13-19(16)18/h2-13H,14H2,1H3. The molecule has 0 amide bonds. The van der Waals surface area contributed by atoms with Crippen LogP contribution in [-0.4, -0.2) is 11.0 Å². The number of carbonyl (C=O) groups is 1. The Morgan fingerprint density at radius 1 is 0.962 bits per heavy atom. The number of oxazole rings is 1. The van der Waals surface area contributed by atoms with Crippen LogP contribution in [0.5, 0.6) is 0 Å². The molecule has 1 aromatic heterocycles. The first kappa shape index (κ1) is 16.1. The Kier molecular flexibility index (Phi) is 4.23. The van der Waals surface area contributed by atoms with E-state index in [2.05, 4.69) is 4.98 Å². The zero-order valence-electron chi connectivity index (χ0n) is 14.3. The molecule has 4 nitrogen and oxygen atoms in total. The van der Waals surface area contributed by atoms with E-state index in [1.807, 2.05) is 72.8 Å². The Hall–Kier alpha value is -3.40. The van der Waals surface area contributed by atoms with E-state index >= 15 is 0 Å². The molecular formula is C22H17NO3. The molecule has 0 unspecified atom stereocenters. The quantitative estimate of drug-likeness (QED) is 0.480. The Bertz CT molecular complexity index is 1060. The van der Waals surface area contributed by atoms with Gasteiger partial charge in [0.15, 0.2) is 5.69 Å². The van der Waals surface area contributed by atoms with Crippen molar-refractivity contribution in [3.8, 4) is 11.5 Å². The number of rotatable bonds is 4. The average molecular weight is 343 g/mol. The van der Waals surface area contributed by atoms with Crippen molar-refractivity contribution in [2.75, 3.05) is 0 Å². The number of ether oxygens (including phenoxy) is 1. The summed E-state index contributed by atoms with van der Waals surface area (Å²) in [7, 11) is 0. The number of esters is 1. The van der Waals surface area contributed by atoms with Gasteiger partial charge in [-0.2, -0.15) is 0 Å². The number of hydrogen-bond donors (Lipinski definition) is 0. The number of benzene rings is 3. The number of aryl methyl sites for hydroxylation is 1. The SMILES string of the molecule is Cc1oc(-c2ccccc2)nc1C(=O)OCc1cccc2ccccc12. The third-order valence-electron chi connectivity index (χ3n) is 4.25. The third kappa shape index (κ3) is 3.09. The molecule has 3 aromatic carbocycles. The van der Waals surface area contributed by atoms with Gasteiger partial charge in [-0.05, 0) is 35.4 Å². The van der Waals surface area contributed by atoms with E-state index in [0.717, 1.165) is 21.9 Å². The van der Waals surface area contributed by atoms with Crippen molar-refractivity contribution in [2.45, 2.75) is 13.5 Å². The van der Waals surface area contributed by atoms with Crippen molar-refractivity contribution in [3.63, 3.8) is 0 Å². The second-order valence-corrected chi connectivity index (χ2v) is 6.00. The minimum atomic E-state index is -0.485. The molecule has 0 saturated carbocycles. The van der Waals surface area contributed by atoms with Crippen molar-refractivity contribution in [1.82, 2.24) is 4.98 Å². The van der Waals surface area contributed by atoms with E-state index in [1.54, 1.807) is 6.92 Å². The van der Waals surface area contributed by atoms with Crippen molar-refractivity contribution in [3.05, 3.63) is 89.8 Å². The average Bonchev–Trinajstić information content (AvgIpc) is 3.08. The van der Waals surface area contributed by atoms with Gasteiger partial charge < -0.3 is 9.15 Å². The Morgan fingerprint density at radius 3 is 2.54 bits per heavy atom. The lowest BCUT2D eigenvalue weighted by Gasteiger charge is -2.07. The van der Waals surface area contributed by atoms with E-state index in [4.69, 9.17) is 9.15 Å². The van der Waals surface area contributed by atoms with Crippen LogP contribution in [-0.2, 0) is 11.3 Å². The van der Waals surface area contributed by atoms with Crippen LogP contribution in [0.4, 0.5) is 0 Å². The number of fused-ring (bicyclic) bond motifs is 1. The van der Waals surface area contributed by atoms with Gasteiger partial charge in [0.2, 0.25) is 5.89 Å². The maximum Gasteiger partial charge on any atom is 0.360 e. The Morgan fingerprint density at radius 2 is 1.69 bits per heavy atom. The topological polar surface area (TPSA) is 52.3 Å². The van der Waals surface area contributed by atoms with Crippen LogP contribution in [0.15, 0.2) is 77.2 Å². The van der Waals surface area contributed by atoms with Gasteiger partial charge >= 0.3 is 5.97 Å². The highest BCUT2D eigenvalue weighted by Crippen LogP contribution is 2.23. The van der Waals surface area contributed by atoms with E-state index in [1.165, 1.54) is 0 Å². The Balaban J connectivity index is 1.54. The van der Waals surface area contributed by atoms with Crippen LogP contribution in [0.2, 0.25) is 0 Å². The molecule has 0 N–H and O–H groups in total. The molecule has 0 bridgehead atoms. The number of hydrogen-bond acceptors (Lipinski definition) is 4. The predicted octanol–water partition coefficient (Wildman–Crippen LogP) is 5.16. The lowest BCUT2D eigenvalue weighted by molar-refractivity contribution is 0.0466. The lowest BCUT2D eigenvalue weighted by Crippen LogP contribution is -2.07. The van der Waals surface area contributed by atoms with Gasteiger partial charge in [-0.15, -0.1) is 0 Å². The van der Waals surface area contributed by atoms with Gasteiger partial charge in [-0.1, -0.05) is 60.7 Å². The zero-order chi connectivity index (χ0) is 17.9. The number of aromatic nitrogens is 1. The molecule has 128 valence electrons. The van der Waals surface area contributed by atoms with Crippen molar-refractivity contribution >= 4 is 16.7 Å². The molecule has 26 heavy (non-hydrogen) atoms. The molecule has 4 heteroatoms. The van der Waals surface area contributed by atoms with Crippen molar-refractivity contribution < 1.29 is 13.9 Å². The second kappa shape index (κ2) is 6.84. The zero-order valence-corrected chi connectivity index (χ0v) is 14.3. The van der Waals surface area contributed by atoms with E-state index in [9.17, 15) is 4.79 Å². The number of carbonyl (C=O) groups excluding carboxylic acids is 1. The van der Waals surface area contributed by atoms with Crippen LogP contribution in [0, 0.1) is 6.92 Å². The predicted molar refractivity (Wildman–Crippen MR) is 99.7 cm³/mol. The van der Waals surface area contributed by atoms with Gasteiger partial charge in [0, 0.05) is 5.56 Å². The van der Waals surface area contributed by atoms with Gasteiger partial charge in [0.25, 0.3) is 0 Å². The first-order valence-corrected chi connectivity index (χ1v) is 8.39. The highest BCUT2D eigenvalue weighted by atomic mass is 16.5. The summed E-state index contributed by atoms with van der Waals surface area (Å²) in [5.74, 6) is 0.383. The molecular weight excluding hydrogens is 326 g/mol. The molecule has 0 radical (unpaired) electrons. The maximum atomic E-state index is 12.5. The van der Waals surface area contributed by atoms with Crippen molar-refractivity contribution in [2.24, 2.45) is 0 Å². The maximum absolute atomic E-state index is 12.5. The Labute approximate surface area is 151 Å². The minimum Gasteiger partial charge on any atom is -0.456 e. The molecule has 0 spiro atoms. The summed E-state index contributed by atoms with van der Waals surface area (Å²) in [6, 6.07) is 23.5. The fourth-order valence-electron chi connectivity index (χ4n) is 2.92. The van der Waals surface area contributed by atoms with Gasteiger partial charge in [0.1, 0.15) is 12.4 Å². The third-order valence-corrected chi connectivity index (χ3v) is 4.25. The van der Waals surface area contributed by atoms with E-state index in [0.29, 0.717) is 11.7 Å². The van der Waals surface area contributed by atoms with Crippen LogP contribution in [0.3, 0.4) is 0 Å². The molecule has 1 heterocycles. The monoisotopic (exact) mass is 343 g/mol. The van der Waals surface area contributed by atoms with Crippen LogP contribution in [0.1, 0.15) is 21.8 Å². The summed E-state index contributed by atoms with van der Waals surface area (Å²) in [5.41, 5.74) is 1.99. The molecule has 0 aliphatic carbocycles. The lowest BCUT2D eigenvalue weighted by atomic mass is 10.1. The summed E-state index contributed by atoms with van der Waals surface area (Å²) in [6.07, 6.45) is 0. The summed E-state index contributed by atoms with van der Waals surface area (Å²) in [4.78, 5) is 16.8. The fraction of sp³-hybridized carbons (Fsp3) is 0.0909. The first-order chi connectivity index (χ1) is 12.7. The van der Waals surface area contributed by atoms with Crippen molar-refractivity contribution in [1.29, 1.82) is 0 Å². The molecule has 0 aliphatic heterocycles. The smallest absolute Gasteiger partial charge is 0.360 e. The van der Waals surface area contributed by atoms with Crippen LogP contribution < -0.4 is 0 Å². The summed E-state index contributed by atoms with van der Waals surface area (Å²) < 4.78 is 11.1. The molecule has 0 aliphatic rings. The molecule has 4 aromatic rings. The summed E-state index contributed by atoms with van der Waals surface area (Å²) >= 11 is 0.